The number of carboxylic acids is 1. The summed E-state index contributed by atoms with van der Waals surface area (Å²) < 4.78 is 0. The summed E-state index contributed by atoms with van der Waals surface area (Å²) in [6, 6.07) is 13.3. The maximum atomic E-state index is 11.6. The number of carbonyl (C=O) groups is 1. The van der Waals surface area contributed by atoms with Gasteiger partial charge in [-0.2, -0.15) is 5.11 Å². The molecule has 0 bridgehead atoms. The van der Waals surface area contributed by atoms with E-state index in [0.29, 0.717) is 29.6 Å². The van der Waals surface area contributed by atoms with Gasteiger partial charge < -0.3 is 10.2 Å². The lowest BCUT2D eigenvalue weighted by atomic mass is 9.71. The Morgan fingerprint density at radius 1 is 1.03 bits per heavy atom. The first-order valence-electron chi connectivity index (χ1n) is 11.9. The molecule has 5 nitrogen and oxygen atoms in total. The highest BCUT2D eigenvalue weighted by molar-refractivity contribution is 5.73. The van der Waals surface area contributed by atoms with E-state index in [0.717, 1.165) is 24.0 Å². The van der Waals surface area contributed by atoms with Crippen LogP contribution in [0, 0.1) is 17.3 Å². The van der Waals surface area contributed by atoms with Gasteiger partial charge in [-0.1, -0.05) is 59.2 Å². The fourth-order valence-corrected chi connectivity index (χ4v) is 4.55. The summed E-state index contributed by atoms with van der Waals surface area (Å²) in [5.41, 5.74) is 2.11. The number of aliphatic carboxylic acids is 1. The SMILES string of the molecule is CC[C@H](Cc1ccc(O)c(N=Nc2cccc(C(C)(C)CC(C)(C)C(=O)O)c2)c1)CC(C)C. The fraction of sp³-hybridized carbons (Fsp3) is 0.536. The maximum absolute atomic E-state index is 11.6. The Morgan fingerprint density at radius 2 is 1.73 bits per heavy atom. The van der Waals surface area contributed by atoms with Gasteiger partial charge in [-0.25, -0.2) is 0 Å². The summed E-state index contributed by atoms with van der Waals surface area (Å²) in [5, 5.41) is 28.5. The zero-order valence-electron chi connectivity index (χ0n) is 21.2. The summed E-state index contributed by atoms with van der Waals surface area (Å²) >= 11 is 0. The molecule has 33 heavy (non-hydrogen) atoms. The maximum Gasteiger partial charge on any atom is 0.309 e. The summed E-state index contributed by atoms with van der Waals surface area (Å²) in [4.78, 5) is 11.6. The van der Waals surface area contributed by atoms with Gasteiger partial charge in [0.05, 0.1) is 11.1 Å². The van der Waals surface area contributed by atoms with E-state index >= 15 is 0 Å². The number of azo groups is 1. The third-order valence-corrected chi connectivity index (χ3v) is 6.31. The van der Waals surface area contributed by atoms with E-state index in [9.17, 15) is 15.0 Å². The number of benzene rings is 2. The standard InChI is InChI=1S/C28H40N2O3/c1-8-20(14-19(2)3)15-21-12-13-25(31)24(16-21)30-29-23-11-9-10-22(17-23)27(4,5)18-28(6,7)26(32)33/h9-13,16-17,19-20,31H,8,14-15,18H2,1-7H3,(H,32,33)/t20-/m0/s1. The molecule has 0 unspecified atom stereocenters. The molecular formula is C28H40N2O3. The summed E-state index contributed by atoms with van der Waals surface area (Å²) in [6.07, 6.45) is 3.75. The number of hydrogen-bond donors (Lipinski definition) is 2. The third-order valence-electron chi connectivity index (χ3n) is 6.31. The van der Waals surface area contributed by atoms with Crippen LogP contribution in [0.4, 0.5) is 11.4 Å². The van der Waals surface area contributed by atoms with E-state index in [-0.39, 0.29) is 11.2 Å². The average molecular weight is 453 g/mol. The van der Waals surface area contributed by atoms with Crippen LogP contribution in [0.15, 0.2) is 52.7 Å². The van der Waals surface area contributed by atoms with Crippen molar-refractivity contribution in [1.82, 2.24) is 0 Å². The molecule has 1 atom stereocenters. The van der Waals surface area contributed by atoms with E-state index in [2.05, 4.69) is 31.0 Å². The molecule has 0 aliphatic heterocycles. The monoisotopic (exact) mass is 452 g/mol. The van der Waals surface area contributed by atoms with Crippen molar-refractivity contribution >= 4 is 17.3 Å². The van der Waals surface area contributed by atoms with Crippen molar-refractivity contribution in [1.29, 1.82) is 0 Å². The van der Waals surface area contributed by atoms with Crippen LogP contribution in [0.3, 0.4) is 0 Å². The quantitative estimate of drug-likeness (QED) is 0.337. The van der Waals surface area contributed by atoms with E-state index in [1.807, 2.05) is 50.2 Å². The Bertz CT molecular complexity index is 977. The predicted octanol–water partition coefficient (Wildman–Crippen LogP) is 8.20. The van der Waals surface area contributed by atoms with Crippen molar-refractivity contribution < 1.29 is 15.0 Å². The first kappa shape index (κ1) is 26.6. The van der Waals surface area contributed by atoms with Crippen LogP contribution in [0.5, 0.6) is 5.75 Å². The first-order valence-corrected chi connectivity index (χ1v) is 11.9. The Kier molecular flexibility index (Phi) is 8.82. The minimum absolute atomic E-state index is 0.110. The van der Waals surface area contributed by atoms with E-state index in [1.165, 1.54) is 6.42 Å². The normalized spacial score (nSPS) is 13.6. The molecule has 0 aliphatic carbocycles. The number of phenolic OH excluding ortho intramolecular Hbond substituents is 1. The number of rotatable bonds is 11. The van der Waals surface area contributed by atoms with Gasteiger partial charge in [-0.05, 0) is 85.8 Å². The molecule has 0 aromatic heterocycles. The van der Waals surface area contributed by atoms with Gasteiger partial charge in [0.1, 0.15) is 11.4 Å². The highest BCUT2D eigenvalue weighted by atomic mass is 16.4. The lowest BCUT2D eigenvalue weighted by molar-refractivity contribution is -0.148. The smallest absolute Gasteiger partial charge is 0.309 e. The molecule has 0 amide bonds. The van der Waals surface area contributed by atoms with Crippen LogP contribution in [-0.2, 0) is 16.6 Å². The van der Waals surface area contributed by atoms with Crippen LogP contribution in [-0.4, -0.2) is 16.2 Å². The van der Waals surface area contributed by atoms with Crippen LogP contribution in [0.1, 0.15) is 78.9 Å². The zero-order chi connectivity index (χ0) is 24.8. The molecule has 0 fully saturated rings. The van der Waals surface area contributed by atoms with E-state index < -0.39 is 11.4 Å². The molecule has 0 spiro atoms. The number of nitrogens with zero attached hydrogens (tertiary/aromatic N) is 2. The Labute approximate surface area is 199 Å². The van der Waals surface area contributed by atoms with Crippen molar-refractivity contribution in [3.63, 3.8) is 0 Å². The molecule has 2 aromatic rings. The Balaban J connectivity index is 2.24. The minimum atomic E-state index is -0.834. The van der Waals surface area contributed by atoms with E-state index in [4.69, 9.17) is 0 Å². The fourth-order valence-electron chi connectivity index (χ4n) is 4.55. The van der Waals surface area contributed by atoms with Gasteiger partial charge in [0.25, 0.3) is 0 Å². The molecular weight excluding hydrogens is 412 g/mol. The zero-order valence-corrected chi connectivity index (χ0v) is 21.2. The highest BCUT2D eigenvalue weighted by Crippen LogP contribution is 2.38. The van der Waals surface area contributed by atoms with Gasteiger partial charge in [0, 0.05) is 0 Å². The molecule has 2 rings (SSSR count). The highest BCUT2D eigenvalue weighted by Gasteiger charge is 2.35. The van der Waals surface area contributed by atoms with Gasteiger partial charge in [-0.3, -0.25) is 4.79 Å². The summed E-state index contributed by atoms with van der Waals surface area (Å²) in [6.45, 7) is 14.3. The first-order chi connectivity index (χ1) is 15.3. The van der Waals surface area contributed by atoms with Crippen LogP contribution >= 0.6 is 0 Å². The van der Waals surface area contributed by atoms with Crippen molar-refractivity contribution in [3.05, 3.63) is 53.6 Å². The Hall–Kier alpha value is -2.69. The molecule has 0 heterocycles. The Morgan fingerprint density at radius 3 is 2.33 bits per heavy atom. The number of carboxylic acid groups (broad SMARTS) is 1. The van der Waals surface area contributed by atoms with E-state index in [1.54, 1.807) is 19.9 Å². The lowest BCUT2D eigenvalue weighted by Gasteiger charge is -2.32. The summed E-state index contributed by atoms with van der Waals surface area (Å²) in [7, 11) is 0. The largest absolute Gasteiger partial charge is 0.506 e. The number of phenols is 1. The van der Waals surface area contributed by atoms with Gasteiger partial charge in [0.15, 0.2) is 0 Å². The second kappa shape index (κ2) is 11.0. The van der Waals surface area contributed by atoms with Gasteiger partial charge in [-0.15, -0.1) is 5.11 Å². The molecule has 180 valence electrons. The topological polar surface area (TPSA) is 82.2 Å². The van der Waals surface area contributed by atoms with Crippen molar-refractivity contribution in [3.8, 4) is 5.75 Å². The molecule has 2 N–H and O–H groups in total. The minimum Gasteiger partial charge on any atom is -0.506 e. The predicted molar refractivity (Wildman–Crippen MR) is 135 cm³/mol. The average Bonchev–Trinajstić information content (AvgIpc) is 2.72. The lowest BCUT2D eigenvalue weighted by Crippen LogP contribution is -2.32. The van der Waals surface area contributed by atoms with Crippen molar-refractivity contribution in [2.24, 2.45) is 27.5 Å². The van der Waals surface area contributed by atoms with Crippen LogP contribution < -0.4 is 0 Å². The number of hydrogen-bond acceptors (Lipinski definition) is 4. The molecule has 2 aromatic carbocycles. The second-order valence-corrected chi connectivity index (χ2v) is 10.9. The van der Waals surface area contributed by atoms with Crippen molar-refractivity contribution in [2.75, 3.05) is 0 Å². The van der Waals surface area contributed by atoms with Crippen LogP contribution in [0.25, 0.3) is 0 Å². The molecule has 0 saturated carbocycles. The molecule has 0 radical (unpaired) electrons. The number of aromatic hydroxyl groups is 1. The molecule has 0 saturated heterocycles. The van der Waals surface area contributed by atoms with Crippen LogP contribution in [0.2, 0.25) is 0 Å². The summed E-state index contributed by atoms with van der Waals surface area (Å²) in [5.74, 6) is 0.566. The third kappa shape index (κ3) is 7.69. The second-order valence-electron chi connectivity index (χ2n) is 10.9. The van der Waals surface area contributed by atoms with Crippen molar-refractivity contribution in [2.45, 2.75) is 79.6 Å². The molecule has 5 heteroatoms. The van der Waals surface area contributed by atoms with Gasteiger partial charge >= 0.3 is 5.97 Å². The molecule has 0 aliphatic rings. The van der Waals surface area contributed by atoms with Gasteiger partial charge in [0.2, 0.25) is 0 Å².